The molecule has 69 heavy (non-hydrogen) atoms. The molecule has 0 aromatic carbocycles. The number of rotatable bonds is 63. The van der Waals surface area contributed by atoms with Crippen LogP contribution in [0.15, 0.2) is 0 Å². The summed E-state index contributed by atoms with van der Waals surface area (Å²) >= 11 is 0. The average Bonchev–Trinajstić information content (AvgIpc) is 3.34. The summed E-state index contributed by atoms with van der Waals surface area (Å²) < 4.78 is 22.7. The van der Waals surface area contributed by atoms with Gasteiger partial charge in [-0.2, -0.15) is 0 Å². The van der Waals surface area contributed by atoms with Gasteiger partial charge in [0.15, 0.2) is 0 Å². The molecule has 0 aromatic rings. The van der Waals surface area contributed by atoms with E-state index in [2.05, 4.69) is 20.8 Å². The second-order valence-corrected chi connectivity index (χ2v) is 24.2. The van der Waals surface area contributed by atoms with Crippen LogP contribution in [-0.4, -0.2) is 18.1 Å². The molecule has 1 atom stereocenters. The first-order valence-electron chi connectivity index (χ1n) is 32.7. The Morgan fingerprint density at radius 1 is 0.246 bits per heavy atom. The molecule has 0 saturated carbocycles. The van der Waals surface area contributed by atoms with Crippen molar-refractivity contribution >= 4 is 7.82 Å². The van der Waals surface area contributed by atoms with Crippen molar-refractivity contribution in [3.63, 3.8) is 0 Å². The van der Waals surface area contributed by atoms with Crippen LogP contribution in [0, 0.1) is 5.92 Å². The largest absolute Gasteiger partial charge is 0.472 e. The molecule has 0 bridgehead atoms. The molecule has 0 aliphatic heterocycles. The van der Waals surface area contributed by atoms with Gasteiger partial charge in [0.05, 0.1) is 13.2 Å². The van der Waals surface area contributed by atoms with E-state index >= 15 is 0 Å². The molecule has 5 heteroatoms. The fraction of sp³-hybridized carbons (Fsp3) is 1.00. The van der Waals surface area contributed by atoms with E-state index in [-0.39, 0.29) is 0 Å². The fourth-order valence-electron chi connectivity index (χ4n) is 10.9. The van der Waals surface area contributed by atoms with Gasteiger partial charge in [-0.05, 0) is 18.8 Å². The van der Waals surface area contributed by atoms with E-state index in [9.17, 15) is 9.46 Å². The van der Waals surface area contributed by atoms with E-state index in [0.717, 1.165) is 31.6 Å². The minimum absolute atomic E-state index is 0.325. The second-order valence-electron chi connectivity index (χ2n) is 22.8. The predicted octanol–water partition coefficient (Wildman–Crippen LogP) is 24.4. The number of hydrogen-bond acceptors (Lipinski definition) is 3. The molecular weight excluding hydrogens is 864 g/mol. The smallest absolute Gasteiger partial charge is 0.302 e. The minimum atomic E-state index is -3.90. The minimum Gasteiger partial charge on any atom is -0.302 e. The van der Waals surface area contributed by atoms with Crippen molar-refractivity contribution in [1.82, 2.24) is 0 Å². The predicted molar refractivity (Wildman–Crippen MR) is 310 cm³/mol. The summed E-state index contributed by atoms with van der Waals surface area (Å²) in [5.74, 6) is 0.992. The van der Waals surface area contributed by atoms with Crippen LogP contribution >= 0.6 is 7.82 Å². The Morgan fingerprint density at radius 3 is 0.565 bits per heavy atom. The normalized spacial score (nSPS) is 12.8. The van der Waals surface area contributed by atoms with Crippen LogP contribution in [0.25, 0.3) is 0 Å². The van der Waals surface area contributed by atoms with E-state index < -0.39 is 7.82 Å². The highest BCUT2D eigenvalue weighted by Gasteiger charge is 2.20. The SMILES string of the molecule is CCCCCCCCCCCCCCCCOP(=O)(O)OCCCCCCCCCCCCCCCC(CCCCCCCCCCCCCCCC)CCCCCCCCCCCCCCCC. The van der Waals surface area contributed by atoms with Gasteiger partial charge in [-0.25, -0.2) is 4.57 Å². The topological polar surface area (TPSA) is 55.8 Å². The van der Waals surface area contributed by atoms with Crippen molar-refractivity contribution in [3.8, 4) is 0 Å². The Morgan fingerprint density at radius 2 is 0.391 bits per heavy atom. The Kier molecular flexibility index (Phi) is 60.8. The maximum Gasteiger partial charge on any atom is 0.472 e. The van der Waals surface area contributed by atoms with Gasteiger partial charge in [0.1, 0.15) is 0 Å². The Bertz CT molecular complexity index is 926. The highest BCUT2D eigenvalue weighted by atomic mass is 31.2. The van der Waals surface area contributed by atoms with Crippen LogP contribution in [0.3, 0.4) is 0 Å². The van der Waals surface area contributed by atoms with Crippen molar-refractivity contribution in [2.45, 2.75) is 393 Å². The number of phosphoric acid groups is 1. The lowest BCUT2D eigenvalue weighted by Crippen LogP contribution is -2.01. The third-order valence-electron chi connectivity index (χ3n) is 15.7. The number of hydrogen-bond donors (Lipinski definition) is 1. The Labute approximate surface area is 436 Å². The van der Waals surface area contributed by atoms with Gasteiger partial charge in [-0.15, -0.1) is 0 Å². The number of phosphoric ester groups is 1. The average molecular weight is 996 g/mol. The van der Waals surface area contributed by atoms with Gasteiger partial charge >= 0.3 is 7.82 Å². The van der Waals surface area contributed by atoms with Crippen LogP contribution in [0.5, 0.6) is 0 Å². The zero-order valence-electron chi connectivity index (χ0n) is 48.1. The molecular formula is C64H131O4P. The second kappa shape index (κ2) is 60.7. The van der Waals surface area contributed by atoms with Gasteiger partial charge in [0.2, 0.25) is 0 Å². The van der Waals surface area contributed by atoms with E-state index in [4.69, 9.17) is 9.05 Å². The van der Waals surface area contributed by atoms with E-state index in [0.29, 0.717) is 13.2 Å². The van der Waals surface area contributed by atoms with Crippen molar-refractivity contribution < 1.29 is 18.5 Å². The first-order chi connectivity index (χ1) is 34.1. The molecule has 0 aliphatic carbocycles. The zero-order chi connectivity index (χ0) is 49.9. The van der Waals surface area contributed by atoms with Crippen LogP contribution in [0.1, 0.15) is 393 Å². The summed E-state index contributed by atoms with van der Waals surface area (Å²) in [6.07, 6.45) is 80.7. The highest BCUT2D eigenvalue weighted by Crippen LogP contribution is 2.43. The summed E-state index contributed by atoms with van der Waals surface area (Å²) in [6.45, 7) is 7.56. The standard InChI is InChI=1S/C64H131O4P/c1-4-7-10-13-16-19-22-25-29-34-39-44-49-54-59-64(60-55-50-45-40-35-30-26-23-20-17-14-11-8-5-2)61-56-51-46-41-36-31-28-33-38-43-48-53-58-63-68-69(65,66)67-62-57-52-47-42-37-32-27-24-21-18-15-12-9-6-3/h64H,4-63H2,1-3H3,(H,65,66). The summed E-state index contributed by atoms with van der Waals surface area (Å²) in [5.41, 5.74) is 0. The molecule has 0 aliphatic rings. The van der Waals surface area contributed by atoms with Crippen LogP contribution in [0.2, 0.25) is 0 Å². The molecule has 4 nitrogen and oxygen atoms in total. The molecule has 0 aromatic heterocycles. The van der Waals surface area contributed by atoms with Crippen LogP contribution in [0.4, 0.5) is 0 Å². The van der Waals surface area contributed by atoms with Gasteiger partial charge in [-0.3, -0.25) is 9.05 Å². The maximum absolute atomic E-state index is 12.2. The molecule has 0 heterocycles. The zero-order valence-corrected chi connectivity index (χ0v) is 49.0. The molecule has 0 saturated heterocycles. The lowest BCUT2D eigenvalue weighted by atomic mass is 9.89. The van der Waals surface area contributed by atoms with Crippen molar-refractivity contribution in [3.05, 3.63) is 0 Å². The van der Waals surface area contributed by atoms with Gasteiger partial charge < -0.3 is 4.89 Å². The summed E-state index contributed by atoms with van der Waals surface area (Å²) in [6, 6.07) is 0. The molecule has 0 radical (unpaired) electrons. The maximum atomic E-state index is 12.2. The first kappa shape index (κ1) is 69.1. The van der Waals surface area contributed by atoms with Gasteiger partial charge in [0, 0.05) is 0 Å². The summed E-state index contributed by atoms with van der Waals surface area (Å²) in [7, 11) is -3.90. The number of unbranched alkanes of at least 4 members (excludes halogenated alkanes) is 51. The quantitative estimate of drug-likeness (QED) is 0.0487. The molecule has 0 fully saturated rings. The lowest BCUT2D eigenvalue weighted by molar-refractivity contribution is 0.145. The van der Waals surface area contributed by atoms with E-state index in [1.807, 2.05) is 0 Å². The molecule has 1 N–H and O–H groups in total. The highest BCUT2D eigenvalue weighted by molar-refractivity contribution is 7.47. The lowest BCUT2D eigenvalue weighted by Gasteiger charge is -2.17. The van der Waals surface area contributed by atoms with Crippen molar-refractivity contribution in [2.75, 3.05) is 13.2 Å². The van der Waals surface area contributed by atoms with Crippen LogP contribution in [-0.2, 0) is 13.6 Å². The monoisotopic (exact) mass is 995 g/mol. The molecule has 1 unspecified atom stereocenters. The van der Waals surface area contributed by atoms with Crippen molar-refractivity contribution in [1.29, 1.82) is 0 Å². The molecule has 0 amide bonds. The fourth-order valence-corrected chi connectivity index (χ4v) is 11.7. The summed E-state index contributed by atoms with van der Waals surface area (Å²) in [4.78, 5) is 10.0. The van der Waals surface area contributed by atoms with Gasteiger partial charge in [0.25, 0.3) is 0 Å². The van der Waals surface area contributed by atoms with Crippen LogP contribution < -0.4 is 0 Å². The van der Waals surface area contributed by atoms with Crippen molar-refractivity contribution in [2.24, 2.45) is 5.92 Å². The van der Waals surface area contributed by atoms with Gasteiger partial charge in [-0.1, -0.05) is 380 Å². The third kappa shape index (κ3) is 60.6. The van der Waals surface area contributed by atoms with E-state index in [1.165, 1.54) is 347 Å². The molecule has 416 valence electrons. The molecule has 0 rings (SSSR count). The third-order valence-corrected chi connectivity index (χ3v) is 16.7. The first-order valence-corrected chi connectivity index (χ1v) is 34.2. The Hall–Kier alpha value is 0.110. The molecule has 0 spiro atoms. The summed E-state index contributed by atoms with van der Waals surface area (Å²) in [5, 5.41) is 0. The van der Waals surface area contributed by atoms with E-state index in [1.54, 1.807) is 0 Å². The Balaban J connectivity index is 3.88.